The molecule has 0 aliphatic heterocycles. The Hall–Kier alpha value is -1.00. The van der Waals surface area contributed by atoms with Gasteiger partial charge in [0.1, 0.15) is 10.8 Å². The minimum atomic E-state index is 0.201. The third-order valence-electron chi connectivity index (χ3n) is 2.25. The molecule has 0 fully saturated rings. The number of nitrogens with zero attached hydrogens (tertiary/aromatic N) is 1. The summed E-state index contributed by atoms with van der Waals surface area (Å²) in [4.78, 5) is 4.47. The highest BCUT2D eigenvalue weighted by molar-refractivity contribution is 7.83. The smallest absolute Gasteiger partial charge is 0.124 e. The van der Waals surface area contributed by atoms with E-state index in [2.05, 4.69) is 17.6 Å². The molecule has 0 aliphatic carbocycles. The van der Waals surface area contributed by atoms with Crippen molar-refractivity contribution in [2.24, 2.45) is 0 Å². The highest BCUT2D eigenvalue weighted by atomic mass is 32.2. The molecule has 2 rings (SSSR count). The average Bonchev–Trinajstić information content (AvgIpc) is 2.59. The molecular weight excluding hydrogens is 250 g/mol. The van der Waals surface area contributed by atoms with Gasteiger partial charge in [0.05, 0.1) is 16.0 Å². The number of aryl methyl sites for hydroxylation is 1. The van der Waals surface area contributed by atoms with Crippen LogP contribution in [-0.4, -0.2) is 11.1 Å². The Labute approximate surface area is 111 Å². The lowest BCUT2D eigenvalue weighted by molar-refractivity contribution is 0.242. The molecule has 4 heteroatoms. The molecule has 0 spiro atoms. The summed E-state index contributed by atoms with van der Waals surface area (Å²) in [5.41, 5.74) is 2.09. The number of hydrogen-bond donors (Lipinski definition) is 1. The first-order valence-electron chi connectivity index (χ1n) is 5.49. The predicted octanol–water partition coefficient (Wildman–Crippen LogP) is 4.19. The molecule has 1 aromatic carbocycles. The molecule has 1 aromatic heterocycles. The van der Waals surface area contributed by atoms with Crippen LogP contribution in [0.1, 0.15) is 19.5 Å². The summed E-state index contributed by atoms with van der Waals surface area (Å²) in [6.07, 6.45) is 0.201. The highest BCUT2D eigenvalue weighted by Gasteiger charge is 2.07. The second kappa shape index (κ2) is 5.10. The van der Waals surface area contributed by atoms with Gasteiger partial charge < -0.3 is 4.74 Å². The van der Waals surface area contributed by atoms with Crippen LogP contribution in [0.5, 0.6) is 5.75 Å². The Bertz CT molecular complexity index is 483. The molecule has 0 unspecified atom stereocenters. The lowest BCUT2D eigenvalue weighted by atomic mass is 10.2. The van der Waals surface area contributed by atoms with E-state index >= 15 is 0 Å². The van der Waals surface area contributed by atoms with Gasteiger partial charge in [-0.05, 0) is 45.0 Å². The Morgan fingerprint density at radius 2 is 1.88 bits per heavy atom. The summed E-state index contributed by atoms with van der Waals surface area (Å²) in [6.45, 7) is 6.01. The molecule has 0 bridgehead atoms. The normalized spacial score (nSPS) is 10.9. The summed E-state index contributed by atoms with van der Waals surface area (Å²) >= 11 is 5.97. The molecule has 0 amide bonds. The standard InChI is InChI=1S/C13H15NOS2/c1-8(2)15-11-6-4-10(5-7-11)12-14-9(3)13(16)17-12/h4-8,16H,1-3H3. The zero-order valence-electron chi connectivity index (χ0n) is 10.1. The molecule has 0 N–H and O–H groups in total. The first-order valence-corrected chi connectivity index (χ1v) is 6.76. The fourth-order valence-electron chi connectivity index (χ4n) is 1.46. The molecule has 0 aliphatic rings. The van der Waals surface area contributed by atoms with Crippen LogP contribution in [0.3, 0.4) is 0 Å². The van der Waals surface area contributed by atoms with E-state index < -0.39 is 0 Å². The van der Waals surface area contributed by atoms with E-state index in [-0.39, 0.29) is 6.10 Å². The van der Waals surface area contributed by atoms with Crippen molar-refractivity contribution in [2.45, 2.75) is 31.1 Å². The minimum absolute atomic E-state index is 0.201. The topological polar surface area (TPSA) is 22.1 Å². The predicted molar refractivity (Wildman–Crippen MR) is 75.3 cm³/mol. The Morgan fingerprint density at radius 1 is 1.24 bits per heavy atom. The summed E-state index contributed by atoms with van der Waals surface area (Å²) in [6, 6.07) is 8.01. The van der Waals surface area contributed by atoms with Gasteiger partial charge in [0.15, 0.2) is 0 Å². The van der Waals surface area contributed by atoms with Gasteiger partial charge in [0.2, 0.25) is 0 Å². The van der Waals surface area contributed by atoms with Crippen molar-refractivity contribution in [3.63, 3.8) is 0 Å². The molecule has 2 nitrogen and oxygen atoms in total. The van der Waals surface area contributed by atoms with E-state index in [1.807, 2.05) is 45.0 Å². The zero-order chi connectivity index (χ0) is 12.4. The van der Waals surface area contributed by atoms with Gasteiger partial charge in [-0.1, -0.05) is 0 Å². The van der Waals surface area contributed by atoms with Crippen molar-refractivity contribution in [1.82, 2.24) is 4.98 Å². The Morgan fingerprint density at radius 3 is 2.35 bits per heavy atom. The van der Waals surface area contributed by atoms with Gasteiger partial charge in [-0.2, -0.15) is 0 Å². The van der Waals surface area contributed by atoms with Gasteiger partial charge in [0, 0.05) is 5.56 Å². The molecule has 0 atom stereocenters. The first kappa shape index (κ1) is 12.5. The first-order chi connectivity index (χ1) is 8.06. The molecule has 0 radical (unpaired) electrons. The molecule has 0 saturated heterocycles. The van der Waals surface area contributed by atoms with Crippen LogP contribution in [0.15, 0.2) is 28.5 Å². The van der Waals surface area contributed by atoms with Crippen molar-refractivity contribution in [3.8, 4) is 16.3 Å². The van der Waals surface area contributed by atoms with Gasteiger partial charge in [-0.3, -0.25) is 0 Å². The molecule has 1 heterocycles. The monoisotopic (exact) mass is 265 g/mol. The van der Waals surface area contributed by atoms with Crippen LogP contribution >= 0.6 is 24.0 Å². The Balaban J connectivity index is 2.23. The lowest BCUT2D eigenvalue weighted by Crippen LogP contribution is -2.05. The van der Waals surface area contributed by atoms with Crippen LogP contribution in [-0.2, 0) is 0 Å². The maximum Gasteiger partial charge on any atom is 0.124 e. The third-order valence-corrected chi connectivity index (χ3v) is 3.85. The van der Waals surface area contributed by atoms with Crippen molar-refractivity contribution in [1.29, 1.82) is 0 Å². The largest absolute Gasteiger partial charge is 0.491 e. The molecule has 17 heavy (non-hydrogen) atoms. The molecular formula is C13H15NOS2. The molecule has 0 saturated carbocycles. The van der Waals surface area contributed by atoms with E-state index in [1.54, 1.807) is 11.3 Å². The number of benzene rings is 1. The molecule has 90 valence electrons. The fourth-order valence-corrected chi connectivity index (χ4v) is 2.58. The number of thiol groups is 1. The average molecular weight is 265 g/mol. The zero-order valence-corrected chi connectivity index (χ0v) is 11.8. The van der Waals surface area contributed by atoms with Crippen molar-refractivity contribution in [2.75, 3.05) is 0 Å². The quantitative estimate of drug-likeness (QED) is 0.840. The summed E-state index contributed by atoms with van der Waals surface area (Å²) in [5, 5.41) is 1.00. The summed E-state index contributed by atoms with van der Waals surface area (Å²) in [7, 11) is 0. The number of hydrogen-bond acceptors (Lipinski definition) is 4. The fraction of sp³-hybridized carbons (Fsp3) is 0.308. The number of aromatic nitrogens is 1. The van der Waals surface area contributed by atoms with Gasteiger partial charge in [-0.25, -0.2) is 4.98 Å². The van der Waals surface area contributed by atoms with E-state index in [9.17, 15) is 0 Å². The number of thiazole rings is 1. The van der Waals surface area contributed by atoms with E-state index in [0.717, 1.165) is 26.2 Å². The van der Waals surface area contributed by atoms with Crippen LogP contribution < -0.4 is 4.74 Å². The Kier molecular flexibility index (Phi) is 3.74. The van der Waals surface area contributed by atoms with Gasteiger partial charge >= 0.3 is 0 Å². The summed E-state index contributed by atoms with van der Waals surface area (Å²) < 4.78 is 6.58. The minimum Gasteiger partial charge on any atom is -0.491 e. The van der Waals surface area contributed by atoms with Crippen LogP contribution in [0.2, 0.25) is 0 Å². The number of ether oxygens (including phenoxy) is 1. The SMILES string of the molecule is Cc1nc(-c2ccc(OC(C)C)cc2)sc1S. The van der Waals surface area contributed by atoms with Crippen LogP contribution in [0.25, 0.3) is 10.6 Å². The lowest BCUT2D eigenvalue weighted by Gasteiger charge is -2.09. The maximum atomic E-state index is 5.60. The van der Waals surface area contributed by atoms with Gasteiger partial charge in [0.25, 0.3) is 0 Å². The van der Waals surface area contributed by atoms with Crippen LogP contribution in [0, 0.1) is 6.92 Å². The maximum absolute atomic E-state index is 5.60. The van der Waals surface area contributed by atoms with E-state index in [1.165, 1.54) is 0 Å². The van der Waals surface area contributed by atoms with Crippen molar-refractivity contribution < 1.29 is 4.74 Å². The second-order valence-electron chi connectivity index (χ2n) is 4.10. The molecule has 2 aromatic rings. The van der Waals surface area contributed by atoms with Crippen LogP contribution in [0.4, 0.5) is 0 Å². The van der Waals surface area contributed by atoms with E-state index in [0.29, 0.717) is 0 Å². The van der Waals surface area contributed by atoms with Gasteiger partial charge in [-0.15, -0.1) is 24.0 Å². The summed E-state index contributed by atoms with van der Waals surface area (Å²) in [5.74, 6) is 0.892. The van der Waals surface area contributed by atoms with E-state index in [4.69, 9.17) is 4.74 Å². The van der Waals surface area contributed by atoms with Crippen molar-refractivity contribution in [3.05, 3.63) is 30.0 Å². The third kappa shape index (κ3) is 3.01. The number of rotatable bonds is 3. The van der Waals surface area contributed by atoms with Crippen molar-refractivity contribution >= 4 is 24.0 Å². The second-order valence-corrected chi connectivity index (χ2v) is 5.85. The highest BCUT2D eigenvalue weighted by Crippen LogP contribution is 2.31.